The van der Waals surface area contributed by atoms with Gasteiger partial charge in [0, 0.05) is 6.20 Å². The van der Waals surface area contributed by atoms with Gasteiger partial charge in [0.15, 0.2) is 11.6 Å². The Labute approximate surface area is 187 Å². The van der Waals surface area contributed by atoms with Crippen molar-refractivity contribution in [2.75, 3.05) is 26.2 Å². The predicted molar refractivity (Wildman–Crippen MR) is 117 cm³/mol. The Balaban J connectivity index is 1.38. The summed E-state index contributed by atoms with van der Waals surface area (Å²) in [6.45, 7) is 1.63. The number of hydrogen-bond acceptors (Lipinski definition) is 5. The number of amidine groups is 1. The number of carbonyl (C=O) groups is 2. The summed E-state index contributed by atoms with van der Waals surface area (Å²) < 4.78 is 18.0. The fourth-order valence-corrected chi connectivity index (χ4v) is 3.97. The first kappa shape index (κ1) is 20.5. The number of ketones is 1. The predicted octanol–water partition coefficient (Wildman–Crippen LogP) is 0.726. The number of Topliss-reactive ketones (excluding diaryl/α,β-unsaturated/α-hetero) is 1. The zero-order chi connectivity index (χ0) is 22.9. The highest BCUT2D eigenvalue weighted by Gasteiger charge is 2.31. The van der Waals surface area contributed by atoms with E-state index in [1.807, 2.05) is 34.9 Å². The first-order chi connectivity index (χ1) is 16.0. The molecule has 166 valence electrons. The average molecular weight is 447 g/mol. The summed E-state index contributed by atoms with van der Waals surface area (Å²) in [5.41, 5.74) is 7.38. The smallest absolute Gasteiger partial charge is 0.295 e. The summed E-state index contributed by atoms with van der Waals surface area (Å²) in [4.78, 5) is 34.3. The Morgan fingerprint density at radius 1 is 1.15 bits per heavy atom. The second-order valence-electron chi connectivity index (χ2n) is 7.59. The van der Waals surface area contributed by atoms with Gasteiger partial charge in [-0.1, -0.05) is 23.4 Å². The quantitative estimate of drug-likeness (QED) is 0.206. The van der Waals surface area contributed by atoms with Gasteiger partial charge >= 0.3 is 0 Å². The van der Waals surface area contributed by atoms with Crippen LogP contribution in [0.5, 0.6) is 0 Å². The Kier molecular flexibility index (Phi) is 5.13. The number of carbonyl (C=O) groups excluding carboxylic acids is 2. The van der Waals surface area contributed by atoms with E-state index in [0.29, 0.717) is 32.0 Å². The van der Waals surface area contributed by atoms with E-state index < -0.39 is 17.5 Å². The zero-order valence-corrected chi connectivity index (χ0v) is 17.5. The van der Waals surface area contributed by atoms with E-state index in [-0.39, 0.29) is 22.3 Å². The summed E-state index contributed by atoms with van der Waals surface area (Å²) in [6, 6.07) is 9.57. The summed E-state index contributed by atoms with van der Waals surface area (Å²) >= 11 is 0. The van der Waals surface area contributed by atoms with Crippen molar-refractivity contribution in [3.8, 4) is 5.82 Å². The first-order valence-electron chi connectivity index (χ1n) is 10.3. The van der Waals surface area contributed by atoms with Gasteiger partial charge in [0.2, 0.25) is 0 Å². The fraction of sp³-hybridized carbons (Fsp3) is 0.182. The molecular formula is C22H20FN8O2+. The van der Waals surface area contributed by atoms with Crippen LogP contribution in [0.3, 0.4) is 0 Å². The van der Waals surface area contributed by atoms with Crippen LogP contribution in [0.1, 0.15) is 15.9 Å². The van der Waals surface area contributed by atoms with E-state index in [2.05, 4.69) is 20.3 Å². The van der Waals surface area contributed by atoms with Crippen LogP contribution in [0.2, 0.25) is 0 Å². The standard InChI is InChI=1S/C22H19FN8O2/c23-16-13-26-21(31-7-6-27-28-31)18-17(16)15(12-25-18)19(32)22(33)30-10-8-29(9-11-30)20(24)14-4-2-1-3-5-14/h1-7,12-13,24H,8-11H2,(H,25,26,32)/p+1. The maximum atomic E-state index is 14.6. The molecule has 1 aliphatic heterocycles. The second kappa shape index (κ2) is 8.26. The second-order valence-corrected chi connectivity index (χ2v) is 7.59. The number of H-pyrrole nitrogens is 1. The van der Waals surface area contributed by atoms with Crippen molar-refractivity contribution in [3.63, 3.8) is 0 Å². The first-order valence-corrected chi connectivity index (χ1v) is 10.3. The number of hydrogen-bond donors (Lipinski definition) is 2. The maximum Gasteiger partial charge on any atom is 0.295 e. The number of piperazine rings is 1. The Bertz CT molecular complexity index is 1370. The maximum absolute atomic E-state index is 14.6. The van der Waals surface area contributed by atoms with Crippen LogP contribution in [0.15, 0.2) is 55.1 Å². The van der Waals surface area contributed by atoms with Gasteiger partial charge in [-0.3, -0.25) is 19.9 Å². The number of amides is 1. The minimum absolute atomic E-state index is 0.00542. The topological polar surface area (TPSA) is 126 Å². The van der Waals surface area contributed by atoms with Crippen LogP contribution in [0.4, 0.5) is 4.39 Å². The van der Waals surface area contributed by atoms with Gasteiger partial charge < -0.3 is 9.88 Å². The number of nitrogens with one attached hydrogen (secondary N) is 1. The van der Waals surface area contributed by atoms with Gasteiger partial charge in [-0.15, -0.1) is 5.10 Å². The monoisotopic (exact) mass is 447 g/mol. The molecule has 0 radical (unpaired) electrons. The number of fused-ring (bicyclic) bond motifs is 1. The van der Waals surface area contributed by atoms with E-state index in [1.165, 1.54) is 22.0 Å². The van der Waals surface area contributed by atoms with Crippen molar-refractivity contribution in [2.24, 2.45) is 5.73 Å². The molecule has 0 unspecified atom stereocenters. The minimum Gasteiger partial charge on any atom is -0.357 e. The van der Waals surface area contributed by atoms with Crippen LogP contribution < -0.4 is 5.73 Å². The molecule has 0 bridgehead atoms. The van der Waals surface area contributed by atoms with Gasteiger partial charge in [0.1, 0.15) is 13.1 Å². The Morgan fingerprint density at radius 2 is 1.91 bits per heavy atom. The molecule has 4 heterocycles. The SMILES string of the molecule is NC(c1ccccc1)=[N+]1CCN(C(=O)C(=O)c2c[nH]c3c(-n4ccnn4)ncc(F)c23)CC1. The summed E-state index contributed by atoms with van der Waals surface area (Å²) in [6.07, 6.45) is 5.32. The molecule has 3 aromatic heterocycles. The lowest BCUT2D eigenvalue weighted by molar-refractivity contribution is -0.538. The zero-order valence-electron chi connectivity index (χ0n) is 17.5. The van der Waals surface area contributed by atoms with Crippen molar-refractivity contribution in [2.45, 2.75) is 0 Å². The molecule has 33 heavy (non-hydrogen) atoms. The van der Waals surface area contributed by atoms with Gasteiger partial charge in [-0.2, -0.15) is 0 Å². The van der Waals surface area contributed by atoms with Crippen LogP contribution in [-0.2, 0) is 4.79 Å². The molecule has 0 saturated carbocycles. The van der Waals surface area contributed by atoms with E-state index >= 15 is 0 Å². The molecule has 0 aliphatic carbocycles. The molecule has 1 aromatic carbocycles. The third-order valence-electron chi connectivity index (χ3n) is 5.70. The number of benzene rings is 1. The van der Waals surface area contributed by atoms with Crippen LogP contribution >= 0.6 is 0 Å². The minimum atomic E-state index is -0.788. The number of halogens is 1. The van der Waals surface area contributed by atoms with Gasteiger partial charge in [-0.25, -0.2) is 14.1 Å². The number of rotatable bonds is 4. The van der Waals surface area contributed by atoms with Crippen molar-refractivity contribution < 1.29 is 18.6 Å². The number of nitrogens with two attached hydrogens (primary N) is 1. The van der Waals surface area contributed by atoms with Gasteiger partial charge in [-0.05, 0) is 12.1 Å². The molecule has 5 rings (SSSR count). The van der Waals surface area contributed by atoms with E-state index in [1.54, 1.807) is 6.20 Å². The highest BCUT2D eigenvalue weighted by molar-refractivity contribution is 6.45. The normalized spacial score (nSPS) is 14.0. The lowest BCUT2D eigenvalue weighted by atomic mass is 10.1. The van der Waals surface area contributed by atoms with Gasteiger partial charge in [0.25, 0.3) is 17.5 Å². The third-order valence-corrected chi connectivity index (χ3v) is 5.70. The van der Waals surface area contributed by atoms with Gasteiger partial charge in [0.05, 0.1) is 53.7 Å². The van der Waals surface area contributed by atoms with Crippen LogP contribution in [-0.4, -0.2) is 78.1 Å². The molecule has 1 fully saturated rings. The van der Waals surface area contributed by atoms with Crippen molar-refractivity contribution in [1.82, 2.24) is 29.9 Å². The summed E-state index contributed by atoms with van der Waals surface area (Å²) in [5.74, 6) is -1.28. The lowest BCUT2D eigenvalue weighted by Crippen LogP contribution is -2.50. The average Bonchev–Trinajstić information content (AvgIpc) is 3.55. The summed E-state index contributed by atoms with van der Waals surface area (Å²) in [7, 11) is 0. The molecule has 1 aliphatic rings. The molecule has 0 spiro atoms. The molecule has 10 nitrogen and oxygen atoms in total. The Hall–Kier alpha value is -4.41. The number of nitrogens with zero attached hydrogens (tertiary/aromatic N) is 6. The fourth-order valence-electron chi connectivity index (χ4n) is 3.97. The highest BCUT2D eigenvalue weighted by atomic mass is 19.1. The Morgan fingerprint density at radius 3 is 2.61 bits per heavy atom. The van der Waals surface area contributed by atoms with Crippen LogP contribution in [0, 0.1) is 5.82 Å². The van der Waals surface area contributed by atoms with E-state index in [4.69, 9.17) is 5.73 Å². The number of aromatic amines is 1. The molecular weight excluding hydrogens is 427 g/mol. The van der Waals surface area contributed by atoms with Crippen LogP contribution in [0.25, 0.3) is 16.7 Å². The van der Waals surface area contributed by atoms with Crippen molar-refractivity contribution in [1.29, 1.82) is 0 Å². The number of pyridine rings is 1. The number of aromatic nitrogens is 5. The summed E-state index contributed by atoms with van der Waals surface area (Å²) in [5, 5.41) is 7.57. The van der Waals surface area contributed by atoms with Crippen molar-refractivity contribution >= 4 is 28.4 Å². The third kappa shape index (κ3) is 3.63. The molecule has 0 atom stereocenters. The highest BCUT2D eigenvalue weighted by Crippen LogP contribution is 2.26. The molecule has 1 amide bonds. The lowest BCUT2D eigenvalue weighted by Gasteiger charge is -2.27. The largest absolute Gasteiger partial charge is 0.357 e. The molecule has 3 N–H and O–H groups in total. The van der Waals surface area contributed by atoms with E-state index in [0.717, 1.165) is 11.8 Å². The van der Waals surface area contributed by atoms with Crippen molar-refractivity contribution in [3.05, 3.63) is 72.1 Å². The van der Waals surface area contributed by atoms with E-state index in [9.17, 15) is 14.0 Å². The molecule has 4 aromatic rings. The molecule has 1 saturated heterocycles. The molecule has 11 heteroatoms.